The Morgan fingerprint density at radius 2 is 1.37 bits per heavy atom. The lowest BCUT2D eigenvalue weighted by Crippen LogP contribution is -2.18. The molecule has 19 heavy (non-hydrogen) atoms. The van der Waals surface area contributed by atoms with Crippen molar-refractivity contribution in [3.05, 3.63) is 64.7 Å². The molecule has 0 aliphatic heterocycles. The fraction of sp³-hybridized carbons (Fsp3) is 0.294. The maximum Gasteiger partial charge on any atom is 0.119 e. The highest BCUT2D eigenvalue weighted by atomic mass is 35.5. The third-order valence-corrected chi connectivity index (χ3v) is 3.70. The minimum Gasteiger partial charge on any atom is -0.494 e. The van der Waals surface area contributed by atoms with Crippen LogP contribution in [0.2, 0.25) is 5.02 Å². The molecule has 0 radical (unpaired) electrons. The van der Waals surface area contributed by atoms with Gasteiger partial charge in [0.25, 0.3) is 0 Å². The molecule has 0 bridgehead atoms. The van der Waals surface area contributed by atoms with Gasteiger partial charge in [-0.3, -0.25) is 0 Å². The molecule has 2 heteroatoms. The molecule has 0 unspecified atom stereocenters. The molecule has 2 aromatic carbocycles. The first-order chi connectivity index (χ1) is 9.04. The van der Waals surface area contributed by atoms with Gasteiger partial charge < -0.3 is 4.74 Å². The summed E-state index contributed by atoms with van der Waals surface area (Å²) in [5.41, 5.74) is 2.47. The van der Waals surface area contributed by atoms with Gasteiger partial charge in [0.05, 0.1) is 6.61 Å². The first kappa shape index (κ1) is 14.0. The van der Waals surface area contributed by atoms with Crippen molar-refractivity contribution in [2.75, 3.05) is 6.61 Å². The van der Waals surface area contributed by atoms with Crippen LogP contribution in [-0.2, 0) is 5.41 Å². The lowest BCUT2D eigenvalue weighted by Gasteiger charge is -2.26. The van der Waals surface area contributed by atoms with Gasteiger partial charge in [0.1, 0.15) is 5.75 Å². The van der Waals surface area contributed by atoms with Crippen molar-refractivity contribution < 1.29 is 4.74 Å². The van der Waals surface area contributed by atoms with E-state index in [2.05, 4.69) is 38.1 Å². The van der Waals surface area contributed by atoms with E-state index in [1.165, 1.54) is 11.1 Å². The number of hydrogen-bond donors (Lipinski definition) is 0. The molecular formula is C17H19ClO. The van der Waals surface area contributed by atoms with Crippen molar-refractivity contribution in [3.63, 3.8) is 0 Å². The van der Waals surface area contributed by atoms with E-state index in [0.717, 1.165) is 10.8 Å². The van der Waals surface area contributed by atoms with Crippen LogP contribution in [-0.4, -0.2) is 6.61 Å². The van der Waals surface area contributed by atoms with Gasteiger partial charge in [-0.15, -0.1) is 0 Å². The van der Waals surface area contributed by atoms with E-state index < -0.39 is 0 Å². The molecular weight excluding hydrogens is 256 g/mol. The molecule has 0 saturated carbocycles. The van der Waals surface area contributed by atoms with E-state index >= 15 is 0 Å². The summed E-state index contributed by atoms with van der Waals surface area (Å²) in [6.07, 6.45) is 0. The van der Waals surface area contributed by atoms with Gasteiger partial charge >= 0.3 is 0 Å². The first-order valence-corrected chi connectivity index (χ1v) is 6.91. The lowest BCUT2D eigenvalue weighted by molar-refractivity contribution is 0.340. The molecule has 0 atom stereocenters. The first-order valence-electron chi connectivity index (χ1n) is 6.53. The highest BCUT2D eigenvalue weighted by molar-refractivity contribution is 6.30. The van der Waals surface area contributed by atoms with Gasteiger partial charge in [-0.2, -0.15) is 0 Å². The number of rotatable bonds is 4. The molecule has 1 nitrogen and oxygen atoms in total. The van der Waals surface area contributed by atoms with Crippen LogP contribution < -0.4 is 4.74 Å². The Kier molecular flexibility index (Phi) is 4.16. The van der Waals surface area contributed by atoms with Gasteiger partial charge in [-0.1, -0.05) is 49.7 Å². The van der Waals surface area contributed by atoms with Crippen LogP contribution in [0.3, 0.4) is 0 Å². The van der Waals surface area contributed by atoms with Crippen LogP contribution in [0, 0.1) is 0 Å². The molecule has 0 aliphatic rings. The molecule has 0 saturated heterocycles. The van der Waals surface area contributed by atoms with Crippen molar-refractivity contribution in [3.8, 4) is 5.75 Å². The zero-order valence-electron chi connectivity index (χ0n) is 11.6. The highest BCUT2D eigenvalue weighted by Crippen LogP contribution is 2.32. The molecule has 0 N–H and O–H groups in total. The summed E-state index contributed by atoms with van der Waals surface area (Å²) in [6, 6.07) is 16.3. The monoisotopic (exact) mass is 274 g/mol. The molecule has 0 aliphatic carbocycles. The van der Waals surface area contributed by atoms with Gasteiger partial charge in [-0.25, -0.2) is 0 Å². The topological polar surface area (TPSA) is 9.23 Å². The Morgan fingerprint density at radius 3 is 1.84 bits per heavy atom. The summed E-state index contributed by atoms with van der Waals surface area (Å²) in [5, 5.41) is 0.770. The number of halogens is 1. The average Bonchev–Trinajstić information content (AvgIpc) is 2.40. The van der Waals surface area contributed by atoms with Crippen LogP contribution in [0.4, 0.5) is 0 Å². The van der Waals surface area contributed by atoms with Gasteiger partial charge in [-0.05, 0) is 42.3 Å². The summed E-state index contributed by atoms with van der Waals surface area (Å²) in [6.45, 7) is 7.11. The minimum absolute atomic E-state index is 0.0463. The summed E-state index contributed by atoms with van der Waals surface area (Å²) in [5.74, 6) is 0.915. The average molecular weight is 275 g/mol. The van der Waals surface area contributed by atoms with Crippen molar-refractivity contribution in [2.45, 2.75) is 26.2 Å². The number of benzene rings is 2. The molecule has 2 aromatic rings. The van der Waals surface area contributed by atoms with E-state index in [1.807, 2.05) is 31.2 Å². The molecule has 2 rings (SSSR count). The number of hydrogen-bond acceptors (Lipinski definition) is 1. The molecule has 0 aromatic heterocycles. The Bertz CT molecular complexity index is 526. The smallest absolute Gasteiger partial charge is 0.119 e. The highest BCUT2D eigenvalue weighted by Gasteiger charge is 2.22. The quantitative estimate of drug-likeness (QED) is 0.757. The zero-order valence-corrected chi connectivity index (χ0v) is 12.4. The second-order valence-corrected chi connectivity index (χ2v) is 5.53. The van der Waals surface area contributed by atoms with Gasteiger partial charge in [0, 0.05) is 10.4 Å². The molecule has 100 valence electrons. The third-order valence-electron chi connectivity index (χ3n) is 3.45. The van der Waals surface area contributed by atoms with Crippen LogP contribution in [0.15, 0.2) is 48.5 Å². The Balaban J connectivity index is 2.30. The predicted octanol–water partition coefficient (Wildman–Crippen LogP) is 5.06. The van der Waals surface area contributed by atoms with Crippen LogP contribution in [0.5, 0.6) is 5.75 Å². The maximum absolute atomic E-state index is 5.95. The molecule has 0 heterocycles. The summed E-state index contributed by atoms with van der Waals surface area (Å²) >= 11 is 5.95. The Hall–Kier alpha value is -1.47. The van der Waals surface area contributed by atoms with Crippen molar-refractivity contribution in [2.24, 2.45) is 0 Å². The second-order valence-electron chi connectivity index (χ2n) is 5.09. The van der Waals surface area contributed by atoms with E-state index in [0.29, 0.717) is 6.61 Å². The Morgan fingerprint density at radius 1 is 0.895 bits per heavy atom. The fourth-order valence-corrected chi connectivity index (χ4v) is 2.29. The summed E-state index contributed by atoms with van der Waals surface area (Å²) in [7, 11) is 0. The van der Waals surface area contributed by atoms with Gasteiger partial charge in [0.2, 0.25) is 0 Å². The Labute approximate surface area is 120 Å². The number of ether oxygens (including phenoxy) is 1. The predicted molar refractivity (Wildman–Crippen MR) is 81.2 cm³/mol. The van der Waals surface area contributed by atoms with E-state index in [4.69, 9.17) is 16.3 Å². The van der Waals surface area contributed by atoms with Crippen LogP contribution >= 0.6 is 11.6 Å². The third kappa shape index (κ3) is 3.10. The normalized spacial score (nSPS) is 11.4. The molecule has 0 spiro atoms. The van der Waals surface area contributed by atoms with Crippen LogP contribution in [0.1, 0.15) is 31.9 Å². The van der Waals surface area contributed by atoms with Crippen molar-refractivity contribution in [1.82, 2.24) is 0 Å². The zero-order chi connectivity index (χ0) is 13.9. The maximum atomic E-state index is 5.95. The van der Waals surface area contributed by atoms with Crippen LogP contribution in [0.25, 0.3) is 0 Å². The van der Waals surface area contributed by atoms with Crippen molar-refractivity contribution >= 4 is 11.6 Å². The molecule has 0 amide bonds. The fourth-order valence-electron chi connectivity index (χ4n) is 2.17. The van der Waals surface area contributed by atoms with E-state index in [1.54, 1.807) is 0 Å². The summed E-state index contributed by atoms with van der Waals surface area (Å²) in [4.78, 5) is 0. The van der Waals surface area contributed by atoms with E-state index in [-0.39, 0.29) is 5.41 Å². The SMILES string of the molecule is CCOc1ccc(C(C)(C)c2ccc(Cl)cc2)cc1. The van der Waals surface area contributed by atoms with Gasteiger partial charge in [0.15, 0.2) is 0 Å². The summed E-state index contributed by atoms with van der Waals surface area (Å²) < 4.78 is 5.48. The lowest BCUT2D eigenvalue weighted by atomic mass is 9.78. The second kappa shape index (κ2) is 5.66. The molecule has 0 fully saturated rings. The standard InChI is InChI=1S/C17H19ClO/c1-4-19-16-11-7-14(8-12-16)17(2,3)13-5-9-15(18)10-6-13/h5-12H,4H2,1-3H3. The largest absolute Gasteiger partial charge is 0.494 e. The minimum atomic E-state index is -0.0463. The van der Waals surface area contributed by atoms with E-state index in [9.17, 15) is 0 Å². The van der Waals surface area contributed by atoms with Crippen molar-refractivity contribution in [1.29, 1.82) is 0 Å².